The molecule has 0 aliphatic rings. The van der Waals surface area contributed by atoms with Crippen molar-refractivity contribution in [3.8, 4) is 5.69 Å². The summed E-state index contributed by atoms with van der Waals surface area (Å²) in [5, 5.41) is 13.0. The Balaban J connectivity index is 1.66. The molecule has 35 heavy (non-hydrogen) atoms. The molecule has 184 valence electrons. The fraction of sp³-hybridized carbons (Fsp3) is 0.407. The number of nitrogens with one attached hydrogen (secondary N) is 1. The molecule has 4 rings (SSSR count). The molecule has 1 amide bonds. The first-order valence-corrected chi connectivity index (χ1v) is 13.1. The Morgan fingerprint density at radius 1 is 1.06 bits per heavy atom. The van der Waals surface area contributed by atoms with E-state index in [0.717, 1.165) is 41.6 Å². The Bertz CT molecular complexity index is 1420. The zero-order chi connectivity index (χ0) is 25.1. The summed E-state index contributed by atoms with van der Waals surface area (Å²) >= 11 is 1.33. The van der Waals surface area contributed by atoms with E-state index in [-0.39, 0.29) is 23.3 Å². The van der Waals surface area contributed by atoms with Crippen LogP contribution in [0, 0.1) is 19.8 Å². The van der Waals surface area contributed by atoms with Crippen LogP contribution in [0.5, 0.6) is 0 Å². The van der Waals surface area contributed by atoms with Gasteiger partial charge < -0.3 is 5.32 Å². The van der Waals surface area contributed by atoms with Gasteiger partial charge in [0.15, 0.2) is 5.16 Å². The molecular weight excluding hydrogens is 458 g/mol. The van der Waals surface area contributed by atoms with E-state index in [0.29, 0.717) is 22.2 Å². The van der Waals surface area contributed by atoms with Crippen molar-refractivity contribution in [1.29, 1.82) is 0 Å². The Morgan fingerprint density at radius 2 is 1.83 bits per heavy atom. The molecule has 0 aliphatic carbocycles. The minimum absolute atomic E-state index is 0.0315. The Labute approximate surface area is 210 Å². The predicted molar refractivity (Wildman–Crippen MR) is 143 cm³/mol. The second-order valence-corrected chi connectivity index (χ2v) is 10.6. The minimum atomic E-state index is -0.140. The summed E-state index contributed by atoms with van der Waals surface area (Å²) in [7, 11) is 0. The SMILES string of the molecule is Cc1ccc(C)c(-n2c(=O)c3ccccc3n3c(SCC(=O)N[C@@H](C)CCCC(C)C)nnc23)c1. The van der Waals surface area contributed by atoms with Crippen LogP contribution in [-0.2, 0) is 4.79 Å². The molecule has 4 aromatic rings. The lowest BCUT2D eigenvalue weighted by atomic mass is 10.0. The lowest BCUT2D eigenvalue weighted by Crippen LogP contribution is -2.33. The summed E-state index contributed by atoms with van der Waals surface area (Å²) < 4.78 is 3.50. The van der Waals surface area contributed by atoms with Crippen LogP contribution >= 0.6 is 11.8 Å². The number of para-hydroxylation sites is 1. The van der Waals surface area contributed by atoms with Gasteiger partial charge in [0.2, 0.25) is 11.7 Å². The first-order chi connectivity index (χ1) is 16.8. The van der Waals surface area contributed by atoms with Gasteiger partial charge in [-0.3, -0.25) is 14.0 Å². The maximum Gasteiger partial charge on any atom is 0.267 e. The van der Waals surface area contributed by atoms with Gasteiger partial charge >= 0.3 is 0 Å². The van der Waals surface area contributed by atoms with E-state index < -0.39 is 0 Å². The van der Waals surface area contributed by atoms with Crippen molar-refractivity contribution in [3.63, 3.8) is 0 Å². The van der Waals surface area contributed by atoms with Crippen molar-refractivity contribution in [2.24, 2.45) is 5.92 Å². The highest BCUT2D eigenvalue weighted by molar-refractivity contribution is 7.99. The summed E-state index contributed by atoms with van der Waals surface area (Å²) in [6.45, 7) is 10.5. The van der Waals surface area contributed by atoms with Gasteiger partial charge in [-0.05, 0) is 62.4 Å². The van der Waals surface area contributed by atoms with Gasteiger partial charge in [-0.25, -0.2) is 4.57 Å². The lowest BCUT2D eigenvalue weighted by molar-refractivity contribution is -0.119. The Kier molecular flexibility index (Phi) is 7.60. The minimum Gasteiger partial charge on any atom is -0.353 e. The number of nitrogens with zero attached hydrogens (tertiary/aromatic N) is 4. The van der Waals surface area contributed by atoms with Gasteiger partial charge in [0, 0.05) is 6.04 Å². The van der Waals surface area contributed by atoms with Gasteiger partial charge in [-0.1, -0.05) is 62.7 Å². The van der Waals surface area contributed by atoms with Crippen LogP contribution < -0.4 is 10.9 Å². The predicted octanol–water partition coefficient (Wildman–Crippen LogP) is 5.07. The van der Waals surface area contributed by atoms with E-state index in [1.165, 1.54) is 11.8 Å². The molecule has 7 nitrogen and oxygen atoms in total. The molecule has 1 N–H and O–H groups in total. The number of benzene rings is 2. The number of hydrogen-bond acceptors (Lipinski definition) is 5. The number of hydrogen-bond donors (Lipinski definition) is 1. The average molecular weight is 492 g/mol. The highest BCUT2D eigenvalue weighted by Crippen LogP contribution is 2.24. The molecular formula is C27H33N5O2S. The lowest BCUT2D eigenvalue weighted by Gasteiger charge is -2.15. The van der Waals surface area contributed by atoms with E-state index in [1.807, 2.05) is 67.6 Å². The second kappa shape index (κ2) is 10.6. The number of fused-ring (bicyclic) bond motifs is 3. The van der Waals surface area contributed by atoms with Gasteiger partial charge in [-0.15, -0.1) is 10.2 Å². The van der Waals surface area contributed by atoms with E-state index in [2.05, 4.69) is 29.4 Å². The normalized spacial score (nSPS) is 12.5. The molecule has 0 saturated carbocycles. The summed E-state index contributed by atoms with van der Waals surface area (Å²) in [4.78, 5) is 26.2. The van der Waals surface area contributed by atoms with Gasteiger partial charge in [-0.2, -0.15) is 0 Å². The Morgan fingerprint density at radius 3 is 2.60 bits per heavy atom. The highest BCUT2D eigenvalue weighted by Gasteiger charge is 2.20. The van der Waals surface area contributed by atoms with E-state index in [1.54, 1.807) is 4.57 Å². The molecule has 0 fully saturated rings. The zero-order valence-corrected chi connectivity index (χ0v) is 21.9. The number of carbonyl (C=O) groups excluding carboxylic acids is 1. The standard InChI is InChI=1S/C27H33N5O2S/c1-17(2)9-8-10-20(5)28-24(33)16-35-27-30-29-26-31(23-15-18(3)13-14-19(23)4)25(34)21-11-6-7-12-22(21)32(26)27/h6-7,11-15,17,20H,8-10,16H2,1-5H3,(H,28,33)/t20-/m0/s1. The van der Waals surface area contributed by atoms with E-state index in [4.69, 9.17) is 0 Å². The quantitative estimate of drug-likeness (QED) is 0.331. The number of aryl methyl sites for hydroxylation is 2. The number of amides is 1. The van der Waals surface area contributed by atoms with Crippen molar-refractivity contribution >= 4 is 34.3 Å². The average Bonchev–Trinajstić information content (AvgIpc) is 3.23. The van der Waals surface area contributed by atoms with Crippen LogP contribution in [0.15, 0.2) is 52.4 Å². The summed E-state index contributed by atoms with van der Waals surface area (Å²) in [5.41, 5.74) is 3.39. The smallest absolute Gasteiger partial charge is 0.267 e. The van der Waals surface area contributed by atoms with Crippen LogP contribution in [0.2, 0.25) is 0 Å². The van der Waals surface area contributed by atoms with Crippen molar-refractivity contribution in [1.82, 2.24) is 24.5 Å². The fourth-order valence-corrected chi connectivity index (χ4v) is 5.05. The van der Waals surface area contributed by atoms with Gasteiger partial charge in [0.05, 0.1) is 22.3 Å². The van der Waals surface area contributed by atoms with Crippen molar-refractivity contribution < 1.29 is 4.79 Å². The molecule has 2 aromatic heterocycles. The molecule has 2 heterocycles. The van der Waals surface area contributed by atoms with E-state index >= 15 is 0 Å². The Hall–Kier alpha value is -3.13. The number of rotatable bonds is 9. The molecule has 0 unspecified atom stereocenters. The second-order valence-electron chi connectivity index (χ2n) is 9.65. The number of aromatic nitrogens is 4. The van der Waals surface area contributed by atoms with Crippen LogP contribution in [0.1, 0.15) is 51.2 Å². The summed E-state index contributed by atoms with van der Waals surface area (Å²) in [6, 6.07) is 13.6. The van der Waals surface area contributed by atoms with Gasteiger partial charge in [0.25, 0.3) is 5.56 Å². The van der Waals surface area contributed by atoms with Crippen molar-refractivity contribution in [2.45, 2.75) is 65.1 Å². The first kappa shape index (κ1) is 25.0. The molecule has 0 radical (unpaired) electrons. The zero-order valence-electron chi connectivity index (χ0n) is 21.0. The molecule has 8 heteroatoms. The molecule has 0 aliphatic heterocycles. The maximum absolute atomic E-state index is 13.5. The number of carbonyl (C=O) groups is 1. The first-order valence-electron chi connectivity index (χ1n) is 12.1. The van der Waals surface area contributed by atoms with Gasteiger partial charge in [0.1, 0.15) is 0 Å². The van der Waals surface area contributed by atoms with Crippen molar-refractivity contribution in [2.75, 3.05) is 5.75 Å². The van der Waals surface area contributed by atoms with Crippen LogP contribution in [0.3, 0.4) is 0 Å². The van der Waals surface area contributed by atoms with Crippen LogP contribution in [0.4, 0.5) is 0 Å². The molecule has 1 atom stereocenters. The number of thioether (sulfide) groups is 1. The highest BCUT2D eigenvalue weighted by atomic mass is 32.2. The molecule has 0 spiro atoms. The van der Waals surface area contributed by atoms with Crippen LogP contribution in [0.25, 0.3) is 22.4 Å². The topological polar surface area (TPSA) is 81.3 Å². The molecule has 0 bridgehead atoms. The third kappa shape index (κ3) is 5.42. The third-order valence-corrected chi connectivity index (χ3v) is 7.09. The van der Waals surface area contributed by atoms with Crippen LogP contribution in [-0.4, -0.2) is 36.9 Å². The maximum atomic E-state index is 13.5. The van der Waals surface area contributed by atoms with Crippen molar-refractivity contribution in [3.05, 3.63) is 63.9 Å². The fourth-order valence-electron chi connectivity index (χ4n) is 4.30. The molecule has 2 aromatic carbocycles. The largest absolute Gasteiger partial charge is 0.353 e. The monoisotopic (exact) mass is 491 g/mol. The third-order valence-electron chi connectivity index (χ3n) is 6.16. The summed E-state index contributed by atoms with van der Waals surface area (Å²) in [5.74, 6) is 1.31. The molecule has 0 saturated heterocycles. The summed E-state index contributed by atoms with van der Waals surface area (Å²) in [6.07, 6.45) is 3.23. The van der Waals surface area contributed by atoms with E-state index in [9.17, 15) is 9.59 Å².